The average Bonchev–Trinajstić information content (AvgIpc) is 3.16. The first-order valence-electron chi connectivity index (χ1n) is 7.13. The van der Waals surface area contributed by atoms with Crippen LogP contribution in [0.2, 0.25) is 0 Å². The number of hydrogen-bond donors (Lipinski definition) is 3. The zero-order valence-electron chi connectivity index (χ0n) is 11.8. The maximum absolute atomic E-state index is 11.8. The van der Waals surface area contributed by atoms with E-state index >= 15 is 0 Å². The van der Waals surface area contributed by atoms with Gasteiger partial charge in [0.1, 0.15) is 0 Å². The molecule has 1 saturated carbocycles. The van der Waals surface area contributed by atoms with Crippen LogP contribution in [0.15, 0.2) is 24.4 Å². The molecule has 1 amide bonds. The number of aromatic nitrogens is 1. The molecule has 3 N–H and O–H groups in total. The molecule has 5 heteroatoms. The number of H-pyrrole nitrogens is 1. The van der Waals surface area contributed by atoms with Crippen LogP contribution in [0, 0.1) is 18.8 Å². The van der Waals surface area contributed by atoms with Gasteiger partial charge in [-0.2, -0.15) is 0 Å². The van der Waals surface area contributed by atoms with Gasteiger partial charge in [-0.05, 0) is 37.0 Å². The molecule has 110 valence electrons. The number of aryl methyl sites for hydroxylation is 1. The molecule has 1 fully saturated rings. The van der Waals surface area contributed by atoms with Crippen molar-refractivity contribution in [3.63, 3.8) is 0 Å². The quantitative estimate of drug-likeness (QED) is 0.784. The van der Waals surface area contributed by atoms with Crippen molar-refractivity contribution >= 4 is 22.8 Å². The molecule has 2 aromatic rings. The monoisotopic (exact) mass is 286 g/mol. The van der Waals surface area contributed by atoms with Gasteiger partial charge in [-0.25, -0.2) is 0 Å². The molecule has 21 heavy (non-hydrogen) atoms. The number of benzene rings is 1. The number of fused-ring (bicyclic) bond motifs is 1. The van der Waals surface area contributed by atoms with Crippen LogP contribution in [0.1, 0.15) is 17.5 Å². The number of carbonyl (C=O) groups excluding carboxylic acids is 1. The van der Waals surface area contributed by atoms with Crippen LogP contribution in [0.4, 0.5) is 0 Å². The highest BCUT2D eigenvalue weighted by atomic mass is 16.4. The molecule has 0 spiro atoms. The molecule has 5 nitrogen and oxygen atoms in total. The van der Waals surface area contributed by atoms with E-state index in [9.17, 15) is 9.59 Å². The lowest BCUT2D eigenvalue weighted by Crippen LogP contribution is -2.28. The second kappa shape index (κ2) is 5.24. The number of nitrogens with one attached hydrogen (secondary N) is 2. The van der Waals surface area contributed by atoms with E-state index in [0.717, 1.165) is 17.5 Å². The minimum atomic E-state index is -0.873. The van der Waals surface area contributed by atoms with Gasteiger partial charge in [0.2, 0.25) is 5.91 Å². The fourth-order valence-corrected chi connectivity index (χ4v) is 2.72. The fourth-order valence-electron chi connectivity index (χ4n) is 2.72. The van der Waals surface area contributed by atoms with Gasteiger partial charge >= 0.3 is 5.97 Å². The number of aliphatic carboxylic acids is 1. The van der Waals surface area contributed by atoms with Crippen molar-refractivity contribution in [2.24, 2.45) is 11.8 Å². The SMILES string of the molecule is Cc1ccc2c(CCNC(=O)[C@@H]3C[C@@H]3C(=O)O)c[nH]c2c1. The van der Waals surface area contributed by atoms with E-state index in [0.29, 0.717) is 13.0 Å². The third-order valence-corrected chi connectivity index (χ3v) is 4.06. The molecular formula is C16H18N2O3. The number of amides is 1. The number of rotatable bonds is 5. The summed E-state index contributed by atoms with van der Waals surface area (Å²) in [6.07, 6.45) is 3.17. The van der Waals surface area contributed by atoms with Gasteiger partial charge < -0.3 is 15.4 Å². The summed E-state index contributed by atoms with van der Waals surface area (Å²) in [7, 11) is 0. The minimum absolute atomic E-state index is 0.141. The smallest absolute Gasteiger partial charge is 0.307 e. The summed E-state index contributed by atoms with van der Waals surface area (Å²) in [6.45, 7) is 2.58. The van der Waals surface area contributed by atoms with E-state index in [1.54, 1.807) is 0 Å². The van der Waals surface area contributed by atoms with Gasteiger partial charge in [0.25, 0.3) is 0 Å². The lowest BCUT2D eigenvalue weighted by atomic mass is 10.1. The second-order valence-electron chi connectivity index (χ2n) is 5.69. The van der Waals surface area contributed by atoms with Crippen LogP contribution in [-0.2, 0) is 16.0 Å². The van der Waals surface area contributed by atoms with Crippen LogP contribution in [-0.4, -0.2) is 28.5 Å². The predicted molar refractivity (Wildman–Crippen MR) is 79.0 cm³/mol. The second-order valence-corrected chi connectivity index (χ2v) is 5.69. The van der Waals surface area contributed by atoms with E-state index in [1.165, 1.54) is 10.9 Å². The van der Waals surface area contributed by atoms with Crippen LogP contribution in [0.3, 0.4) is 0 Å². The number of carbonyl (C=O) groups is 2. The number of carboxylic acid groups (broad SMARTS) is 1. The zero-order valence-corrected chi connectivity index (χ0v) is 11.8. The Morgan fingerprint density at radius 2 is 2.19 bits per heavy atom. The summed E-state index contributed by atoms with van der Waals surface area (Å²) >= 11 is 0. The van der Waals surface area contributed by atoms with Crippen molar-refractivity contribution in [2.75, 3.05) is 6.54 Å². The van der Waals surface area contributed by atoms with Crippen molar-refractivity contribution in [1.82, 2.24) is 10.3 Å². The Morgan fingerprint density at radius 1 is 1.38 bits per heavy atom. The molecule has 1 aromatic heterocycles. The third-order valence-electron chi connectivity index (χ3n) is 4.06. The highest BCUT2D eigenvalue weighted by Gasteiger charge is 2.48. The molecular weight excluding hydrogens is 268 g/mol. The molecule has 0 saturated heterocycles. The van der Waals surface area contributed by atoms with Crippen molar-refractivity contribution in [3.8, 4) is 0 Å². The molecule has 0 bridgehead atoms. The van der Waals surface area contributed by atoms with Crippen LogP contribution >= 0.6 is 0 Å². The molecule has 2 atom stereocenters. The molecule has 1 aliphatic carbocycles. The van der Waals surface area contributed by atoms with Crippen molar-refractivity contribution in [2.45, 2.75) is 19.8 Å². The summed E-state index contributed by atoms with van der Waals surface area (Å²) in [5.41, 5.74) is 3.47. The average molecular weight is 286 g/mol. The Kier molecular flexibility index (Phi) is 3.41. The normalized spacial score (nSPS) is 20.4. The van der Waals surface area contributed by atoms with E-state index in [1.807, 2.05) is 6.20 Å². The highest BCUT2D eigenvalue weighted by Crippen LogP contribution is 2.38. The Labute approximate surface area is 122 Å². The molecule has 1 aromatic carbocycles. The van der Waals surface area contributed by atoms with Gasteiger partial charge in [-0.3, -0.25) is 9.59 Å². The van der Waals surface area contributed by atoms with Crippen molar-refractivity contribution < 1.29 is 14.7 Å². The van der Waals surface area contributed by atoms with E-state index in [-0.39, 0.29) is 11.8 Å². The maximum atomic E-state index is 11.8. The standard InChI is InChI=1S/C16H18N2O3/c1-9-2-3-11-10(8-18-14(11)6-9)4-5-17-15(19)12-7-13(12)16(20)21/h2-3,6,8,12-13,18H,4-5,7H2,1H3,(H,17,19)(H,20,21)/t12-,13+/m1/s1. The lowest BCUT2D eigenvalue weighted by Gasteiger charge is -2.04. The summed E-state index contributed by atoms with van der Waals surface area (Å²) in [6, 6.07) is 6.25. The van der Waals surface area contributed by atoms with Crippen LogP contribution < -0.4 is 5.32 Å². The van der Waals surface area contributed by atoms with Crippen molar-refractivity contribution in [3.05, 3.63) is 35.5 Å². The largest absolute Gasteiger partial charge is 0.481 e. The van der Waals surface area contributed by atoms with Crippen molar-refractivity contribution in [1.29, 1.82) is 0 Å². The Morgan fingerprint density at radius 3 is 2.90 bits per heavy atom. The molecule has 3 rings (SSSR count). The summed E-state index contributed by atoms with van der Waals surface area (Å²) in [4.78, 5) is 25.7. The van der Waals surface area contributed by atoms with E-state index in [2.05, 4.69) is 35.4 Å². The highest BCUT2D eigenvalue weighted by molar-refractivity contribution is 5.89. The Hall–Kier alpha value is -2.30. The van der Waals surface area contributed by atoms with Crippen LogP contribution in [0.5, 0.6) is 0 Å². The van der Waals surface area contributed by atoms with Gasteiger partial charge in [0.15, 0.2) is 0 Å². The van der Waals surface area contributed by atoms with E-state index in [4.69, 9.17) is 5.11 Å². The first-order valence-corrected chi connectivity index (χ1v) is 7.13. The number of carboxylic acids is 1. The first-order chi connectivity index (χ1) is 10.1. The summed E-state index contributed by atoms with van der Waals surface area (Å²) < 4.78 is 0. The summed E-state index contributed by atoms with van der Waals surface area (Å²) in [5, 5.41) is 12.8. The number of aromatic amines is 1. The third kappa shape index (κ3) is 2.77. The van der Waals surface area contributed by atoms with Gasteiger partial charge in [0, 0.05) is 23.6 Å². The zero-order chi connectivity index (χ0) is 15.0. The fraction of sp³-hybridized carbons (Fsp3) is 0.375. The van der Waals surface area contributed by atoms with Gasteiger partial charge in [-0.15, -0.1) is 0 Å². The molecule has 1 aliphatic rings. The molecule has 0 unspecified atom stereocenters. The van der Waals surface area contributed by atoms with Crippen LogP contribution in [0.25, 0.3) is 10.9 Å². The van der Waals surface area contributed by atoms with Gasteiger partial charge in [0.05, 0.1) is 11.8 Å². The minimum Gasteiger partial charge on any atom is -0.481 e. The number of hydrogen-bond acceptors (Lipinski definition) is 2. The maximum Gasteiger partial charge on any atom is 0.307 e. The first kappa shape index (κ1) is 13.7. The summed E-state index contributed by atoms with van der Waals surface area (Å²) in [5.74, 6) is -1.84. The molecule has 0 radical (unpaired) electrons. The molecule has 0 aliphatic heterocycles. The van der Waals surface area contributed by atoms with Gasteiger partial charge in [-0.1, -0.05) is 12.1 Å². The molecule has 1 heterocycles. The lowest BCUT2D eigenvalue weighted by molar-refractivity contribution is -0.140. The van der Waals surface area contributed by atoms with E-state index < -0.39 is 11.9 Å². The Bertz CT molecular complexity index is 705. The predicted octanol–water partition coefficient (Wildman–Crippen LogP) is 1.86. The Balaban J connectivity index is 1.55. The topological polar surface area (TPSA) is 82.2 Å².